The van der Waals surface area contributed by atoms with Crippen molar-refractivity contribution in [3.05, 3.63) is 52.7 Å². The lowest BCUT2D eigenvalue weighted by molar-refractivity contribution is -0.158. The molecule has 6 nitrogen and oxygen atoms in total. The number of hydrogen-bond acceptors (Lipinski definition) is 6. The fraction of sp³-hybridized carbons (Fsp3) is 0.538. The van der Waals surface area contributed by atoms with Crippen molar-refractivity contribution >= 4 is 17.6 Å². The van der Waals surface area contributed by atoms with E-state index >= 15 is 0 Å². The minimum atomic E-state index is -0.355. The van der Waals surface area contributed by atoms with Crippen molar-refractivity contribution in [2.45, 2.75) is 64.0 Å². The molecule has 1 aliphatic carbocycles. The Bertz CT molecular complexity index is 1040. The summed E-state index contributed by atoms with van der Waals surface area (Å²) in [6.07, 6.45) is 4.64. The number of piperidine rings is 1. The van der Waals surface area contributed by atoms with Crippen LogP contribution < -0.4 is 5.32 Å². The summed E-state index contributed by atoms with van der Waals surface area (Å²) in [6, 6.07) is 8.56. The molecule has 1 aromatic carbocycles. The Morgan fingerprint density at radius 3 is 2.75 bits per heavy atom. The van der Waals surface area contributed by atoms with E-state index in [1.54, 1.807) is 6.08 Å². The number of fused-ring (bicyclic) bond motifs is 1. The minimum Gasteiger partial charge on any atom is -0.466 e. The summed E-state index contributed by atoms with van der Waals surface area (Å²) in [6.45, 7) is 7.80. The lowest BCUT2D eigenvalue weighted by atomic mass is 9.53. The number of para-hydroxylation sites is 1. The summed E-state index contributed by atoms with van der Waals surface area (Å²) in [7, 11) is 1.45. The summed E-state index contributed by atoms with van der Waals surface area (Å²) in [5, 5.41) is 3.61. The van der Waals surface area contributed by atoms with Gasteiger partial charge in [0.2, 0.25) is 0 Å². The highest BCUT2D eigenvalue weighted by molar-refractivity contribution is 5.93. The number of nitrogens with zero attached hydrogens (tertiary/aromatic N) is 1. The summed E-state index contributed by atoms with van der Waals surface area (Å²) < 4.78 is 11.3. The number of rotatable bonds is 4. The molecule has 3 aliphatic heterocycles. The molecule has 4 aliphatic rings. The van der Waals surface area contributed by atoms with E-state index in [0.29, 0.717) is 12.0 Å². The van der Waals surface area contributed by atoms with E-state index in [9.17, 15) is 9.59 Å². The summed E-state index contributed by atoms with van der Waals surface area (Å²) >= 11 is 0. The minimum absolute atomic E-state index is 0.165. The molecule has 0 amide bonds. The molecule has 0 aromatic heterocycles. The number of allylic oxidation sites excluding steroid dienone is 1. The van der Waals surface area contributed by atoms with Crippen LogP contribution in [0.4, 0.5) is 5.69 Å². The van der Waals surface area contributed by atoms with E-state index in [1.807, 2.05) is 26.8 Å². The van der Waals surface area contributed by atoms with Gasteiger partial charge in [-0.05, 0) is 71.2 Å². The highest BCUT2D eigenvalue weighted by Gasteiger charge is 2.68. The van der Waals surface area contributed by atoms with E-state index in [-0.39, 0.29) is 34.9 Å². The number of carbonyl (C=O) groups is 2. The first kappa shape index (κ1) is 21.3. The van der Waals surface area contributed by atoms with Crippen molar-refractivity contribution in [1.82, 2.24) is 4.90 Å². The van der Waals surface area contributed by atoms with Gasteiger partial charge in [0.25, 0.3) is 0 Å². The third kappa shape index (κ3) is 2.81. The first-order valence-electron chi connectivity index (χ1n) is 11.6. The first-order chi connectivity index (χ1) is 15.3. The maximum atomic E-state index is 13.1. The average Bonchev–Trinajstić information content (AvgIpc) is 3.32. The molecule has 1 spiro atoms. The van der Waals surface area contributed by atoms with E-state index in [0.717, 1.165) is 49.3 Å². The maximum absolute atomic E-state index is 13.1. The second-order valence-corrected chi connectivity index (χ2v) is 9.99. The Morgan fingerprint density at radius 2 is 2.00 bits per heavy atom. The fourth-order valence-electron chi connectivity index (χ4n) is 7.02. The number of benzene rings is 1. The van der Waals surface area contributed by atoms with Crippen LogP contribution in [0.1, 0.15) is 52.0 Å². The molecule has 2 saturated heterocycles. The molecule has 32 heavy (non-hydrogen) atoms. The Morgan fingerprint density at radius 1 is 1.22 bits per heavy atom. The SMILES string of the molecule is COC(=O)C1=C2Nc3ccccc3[C@]23CCN2CCC[C@]([C@H](C)OC(=O)C=C(C)C)(C1)[C@@H]23. The molecule has 4 atom stereocenters. The van der Waals surface area contributed by atoms with Crippen LogP contribution in [0.25, 0.3) is 0 Å². The quantitative estimate of drug-likeness (QED) is 0.570. The van der Waals surface area contributed by atoms with E-state index < -0.39 is 0 Å². The second-order valence-electron chi connectivity index (χ2n) is 9.99. The number of hydrogen-bond donors (Lipinski definition) is 1. The lowest BCUT2D eigenvalue weighted by Crippen LogP contribution is -2.64. The number of carbonyl (C=O) groups excluding carboxylic acids is 2. The molecule has 1 aromatic rings. The lowest BCUT2D eigenvalue weighted by Gasteiger charge is -2.57. The topological polar surface area (TPSA) is 67.9 Å². The fourth-order valence-corrected chi connectivity index (χ4v) is 7.02. The first-order valence-corrected chi connectivity index (χ1v) is 11.6. The highest BCUT2D eigenvalue weighted by atomic mass is 16.5. The Balaban J connectivity index is 1.69. The van der Waals surface area contributed by atoms with Gasteiger partial charge in [-0.25, -0.2) is 9.59 Å². The zero-order valence-electron chi connectivity index (χ0n) is 19.4. The standard InChI is InChI=1S/C26H32N2O4/c1-16(2)14-21(29)32-17(3)25-10-7-12-28-13-11-26(24(25)28)19-8-5-6-9-20(19)27-22(26)18(15-25)23(30)31-4/h5-6,8-9,14,17,24,27H,7,10-13,15H2,1-4H3/t17-,24+,25+,26+/m0/s1. The van der Waals surface area contributed by atoms with Crippen LogP contribution in [0.2, 0.25) is 0 Å². The predicted octanol–water partition coefficient (Wildman–Crippen LogP) is 3.93. The number of esters is 2. The van der Waals surface area contributed by atoms with Crippen LogP contribution in [-0.2, 0) is 24.5 Å². The number of anilines is 1. The monoisotopic (exact) mass is 436 g/mol. The molecule has 2 fully saturated rings. The van der Waals surface area contributed by atoms with Gasteiger partial charge in [-0.15, -0.1) is 0 Å². The van der Waals surface area contributed by atoms with Crippen LogP contribution >= 0.6 is 0 Å². The Labute approximate surface area is 189 Å². The zero-order chi connectivity index (χ0) is 22.7. The van der Waals surface area contributed by atoms with Gasteiger partial charge in [0, 0.05) is 28.9 Å². The van der Waals surface area contributed by atoms with Crippen molar-refractivity contribution in [3.63, 3.8) is 0 Å². The Hall–Kier alpha value is -2.60. The number of methoxy groups -OCH3 is 1. The van der Waals surface area contributed by atoms with Crippen molar-refractivity contribution in [3.8, 4) is 0 Å². The summed E-state index contributed by atoms with van der Waals surface area (Å²) in [5.41, 5.74) is 4.27. The van der Waals surface area contributed by atoms with Gasteiger partial charge in [-0.1, -0.05) is 23.8 Å². The Kier molecular flexibility index (Phi) is 4.97. The molecule has 170 valence electrons. The van der Waals surface area contributed by atoms with Gasteiger partial charge in [0.15, 0.2) is 0 Å². The van der Waals surface area contributed by atoms with Crippen molar-refractivity contribution < 1.29 is 19.1 Å². The van der Waals surface area contributed by atoms with E-state index in [4.69, 9.17) is 9.47 Å². The van der Waals surface area contributed by atoms with Crippen molar-refractivity contribution in [2.24, 2.45) is 5.41 Å². The van der Waals surface area contributed by atoms with E-state index in [1.165, 1.54) is 12.7 Å². The van der Waals surface area contributed by atoms with Gasteiger partial charge < -0.3 is 14.8 Å². The molecule has 5 rings (SSSR count). The summed E-state index contributed by atoms with van der Waals surface area (Å²) in [5.74, 6) is -0.597. The van der Waals surface area contributed by atoms with Crippen LogP contribution in [0.15, 0.2) is 47.2 Å². The van der Waals surface area contributed by atoms with Crippen molar-refractivity contribution in [2.75, 3.05) is 25.5 Å². The second kappa shape index (κ2) is 7.48. The number of nitrogens with one attached hydrogen (secondary N) is 1. The number of ether oxygens (including phenoxy) is 2. The molecule has 0 saturated carbocycles. The molecule has 1 N–H and O–H groups in total. The largest absolute Gasteiger partial charge is 0.466 e. The summed E-state index contributed by atoms with van der Waals surface area (Å²) in [4.78, 5) is 28.3. The van der Waals surface area contributed by atoms with Crippen LogP contribution in [0, 0.1) is 5.41 Å². The van der Waals surface area contributed by atoms with Gasteiger partial charge in [0.1, 0.15) is 6.10 Å². The van der Waals surface area contributed by atoms with E-state index in [2.05, 4.69) is 28.4 Å². The third-order valence-electron chi connectivity index (χ3n) is 8.12. The smallest absolute Gasteiger partial charge is 0.335 e. The predicted molar refractivity (Wildman–Crippen MR) is 122 cm³/mol. The maximum Gasteiger partial charge on any atom is 0.335 e. The molecular formula is C26H32N2O4. The normalized spacial score (nSPS) is 31.1. The highest BCUT2D eigenvalue weighted by Crippen LogP contribution is 2.65. The van der Waals surface area contributed by atoms with Gasteiger partial charge in [0.05, 0.1) is 18.1 Å². The van der Waals surface area contributed by atoms with Crippen LogP contribution in [0.5, 0.6) is 0 Å². The zero-order valence-corrected chi connectivity index (χ0v) is 19.4. The molecule has 0 bridgehead atoms. The molecule has 0 unspecified atom stereocenters. The molecular weight excluding hydrogens is 404 g/mol. The van der Waals surface area contributed by atoms with Gasteiger partial charge >= 0.3 is 11.9 Å². The average molecular weight is 437 g/mol. The molecule has 6 heteroatoms. The molecule has 0 radical (unpaired) electrons. The molecule has 3 heterocycles. The van der Waals surface area contributed by atoms with Crippen molar-refractivity contribution in [1.29, 1.82) is 0 Å². The van der Waals surface area contributed by atoms with Crippen LogP contribution in [0.3, 0.4) is 0 Å². The van der Waals surface area contributed by atoms with Gasteiger partial charge in [-0.2, -0.15) is 0 Å². The van der Waals surface area contributed by atoms with Gasteiger partial charge in [-0.3, -0.25) is 4.90 Å². The third-order valence-corrected chi connectivity index (χ3v) is 8.12. The van der Waals surface area contributed by atoms with Crippen LogP contribution in [-0.4, -0.2) is 49.2 Å².